The lowest BCUT2D eigenvalue weighted by Gasteiger charge is -2.39. The predicted molar refractivity (Wildman–Crippen MR) is 135 cm³/mol. The SMILES string of the molecule is COc1ccccc1-n1nc2c(c1C(C)C)C1(C(=O)NC3=CC(Cl)CC=C31)N(CC(C)(C)C)C2=O. The van der Waals surface area contributed by atoms with Gasteiger partial charge in [0.15, 0.2) is 11.2 Å². The lowest BCUT2D eigenvalue weighted by Crippen LogP contribution is -2.53. The van der Waals surface area contributed by atoms with Crippen LogP contribution in [0.4, 0.5) is 0 Å². The van der Waals surface area contributed by atoms with Crippen molar-refractivity contribution in [1.82, 2.24) is 20.0 Å². The number of rotatable bonds is 4. The Morgan fingerprint density at radius 3 is 2.63 bits per heavy atom. The summed E-state index contributed by atoms with van der Waals surface area (Å²) in [7, 11) is 1.61. The smallest absolute Gasteiger partial charge is 0.276 e. The van der Waals surface area contributed by atoms with E-state index in [2.05, 4.69) is 39.9 Å². The van der Waals surface area contributed by atoms with Gasteiger partial charge in [0.05, 0.1) is 18.2 Å². The van der Waals surface area contributed by atoms with Crippen LogP contribution in [-0.4, -0.2) is 45.5 Å². The first-order valence-electron chi connectivity index (χ1n) is 12.0. The van der Waals surface area contributed by atoms with E-state index in [0.717, 1.165) is 17.0 Å². The fraction of sp³-hybridized carbons (Fsp3) is 0.444. The van der Waals surface area contributed by atoms with Gasteiger partial charge in [-0.25, -0.2) is 4.68 Å². The van der Waals surface area contributed by atoms with Crippen molar-refractivity contribution in [1.29, 1.82) is 0 Å². The van der Waals surface area contributed by atoms with Crippen molar-refractivity contribution in [3.63, 3.8) is 0 Å². The Balaban J connectivity index is 1.85. The Morgan fingerprint density at radius 1 is 1.26 bits per heavy atom. The van der Waals surface area contributed by atoms with Crippen LogP contribution in [-0.2, 0) is 10.3 Å². The van der Waals surface area contributed by atoms with Crippen molar-refractivity contribution < 1.29 is 14.3 Å². The number of amides is 2. The van der Waals surface area contributed by atoms with Crippen molar-refractivity contribution in [2.75, 3.05) is 13.7 Å². The molecular weight excluding hydrogens is 464 g/mol. The number of alkyl halides is 1. The van der Waals surface area contributed by atoms with Crippen LogP contribution in [0.3, 0.4) is 0 Å². The zero-order valence-electron chi connectivity index (χ0n) is 21.0. The van der Waals surface area contributed by atoms with Gasteiger partial charge in [-0.05, 0) is 36.0 Å². The zero-order valence-corrected chi connectivity index (χ0v) is 21.7. The summed E-state index contributed by atoms with van der Waals surface area (Å²) in [6.07, 6.45) is 4.47. The summed E-state index contributed by atoms with van der Waals surface area (Å²) in [5, 5.41) is 7.69. The second-order valence-corrected chi connectivity index (χ2v) is 11.5. The Morgan fingerprint density at radius 2 is 1.97 bits per heavy atom. The third-order valence-electron chi connectivity index (χ3n) is 6.78. The van der Waals surface area contributed by atoms with Crippen molar-refractivity contribution in [2.45, 2.75) is 57.9 Å². The van der Waals surface area contributed by atoms with Gasteiger partial charge in [-0.1, -0.05) is 52.8 Å². The van der Waals surface area contributed by atoms with E-state index >= 15 is 0 Å². The number of para-hydroxylation sites is 2. The van der Waals surface area contributed by atoms with Crippen LogP contribution in [0.1, 0.15) is 68.7 Å². The summed E-state index contributed by atoms with van der Waals surface area (Å²) < 4.78 is 7.40. The highest BCUT2D eigenvalue weighted by Gasteiger charge is 2.65. The number of hydrogen-bond acceptors (Lipinski definition) is 4. The third kappa shape index (κ3) is 3.35. The Labute approximate surface area is 210 Å². The molecule has 1 aliphatic carbocycles. The number of aromatic nitrogens is 2. The number of allylic oxidation sites excluding steroid dienone is 2. The molecule has 3 aliphatic rings. The van der Waals surface area contributed by atoms with Crippen LogP contribution in [0.15, 0.2) is 47.7 Å². The molecule has 2 aliphatic heterocycles. The number of halogens is 1. The number of nitrogens with one attached hydrogen (secondary N) is 1. The molecular formula is C27H31ClN4O3. The molecule has 0 saturated carbocycles. The Hall–Kier alpha value is -3.06. The maximum Gasteiger partial charge on any atom is 0.276 e. The second kappa shape index (κ2) is 7.98. The summed E-state index contributed by atoms with van der Waals surface area (Å²) in [5.74, 6) is 0.137. The number of carbonyl (C=O) groups is 2. The minimum absolute atomic E-state index is 0.0266. The summed E-state index contributed by atoms with van der Waals surface area (Å²) in [5.41, 5.74) is 2.47. The molecule has 2 atom stereocenters. The lowest BCUT2D eigenvalue weighted by molar-refractivity contribution is -0.127. The number of hydrogen-bond donors (Lipinski definition) is 1. The molecule has 8 heteroatoms. The monoisotopic (exact) mass is 494 g/mol. The number of benzene rings is 1. The first-order chi connectivity index (χ1) is 16.5. The fourth-order valence-corrected chi connectivity index (χ4v) is 5.74. The van der Waals surface area contributed by atoms with Gasteiger partial charge in [0.2, 0.25) is 0 Å². The number of fused-ring (bicyclic) bond motifs is 4. The summed E-state index contributed by atoms with van der Waals surface area (Å²) >= 11 is 6.41. The zero-order chi connectivity index (χ0) is 25.3. The molecule has 1 aromatic carbocycles. The fourth-order valence-electron chi connectivity index (χ4n) is 5.52. The summed E-state index contributed by atoms with van der Waals surface area (Å²) in [6, 6.07) is 7.58. The van der Waals surface area contributed by atoms with E-state index in [9.17, 15) is 9.59 Å². The molecule has 0 bridgehead atoms. The number of nitrogens with zero attached hydrogens (tertiary/aromatic N) is 3. The van der Waals surface area contributed by atoms with Crippen LogP contribution >= 0.6 is 11.6 Å². The van der Waals surface area contributed by atoms with Crippen LogP contribution in [0.5, 0.6) is 5.75 Å². The van der Waals surface area contributed by atoms with Gasteiger partial charge in [0, 0.05) is 23.4 Å². The predicted octanol–water partition coefficient (Wildman–Crippen LogP) is 4.65. The number of methoxy groups -OCH3 is 1. The van der Waals surface area contributed by atoms with Gasteiger partial charge < -0.3 is 15.0 Å². The molecule has 3 heterocycles. The molecule has 0 radical (unpaired) electrons. The van der Waals surface area contributed by atoms with E-state index in [-0.39, 0.29) is 28.5 Å². The molecule has 2 unspecified atom stereocenters. The van der Waals surface area contributed by atoms with Gasteiger partial charge >= 0.3 is 0 Å². The third-order valence-corrected chi connectivity index (χ3v) is 7.08. The van der Waals surface area contributed by atoms with Crippen LogP contribution < -0.4 is 10.1 Å². The van der Waals surface area contributed by atoms with Crippen LogP contribution in [0.2, 0.25) is 0 Å². The van der Waals surface area contributed by atoms with E-state index in [1.165, 1.54) is 0 Å². The molecule has 1 saturated heterocycles. The van der Waals surface area contributed by atoms with Gasteiger partial charge in [-0.2, -0.15) is 5.10 Å². The van der Waals surface area contributed by atoms with Gasteiger partial charge in [-0.15, -0.1) is 11.6 Å². The standard InChI is InChI=1S/C27H31ClN4O3/c1-15(2)23-21-22(30-32(23)19-9-7-8-10-20(19)35-6)24(33)31(14-26(3,4)5)27(21)17-12-11-16(28)13-18(17)29-25(27)34/h7-10,12-13,15-16H,11,14H2,1-6H3,(H,29,34). The lowest BCUT2D eigenvalue weighted by atomic mass is 9.79. The highest BCUT2D eigenvalue weighted by atomic mass is 35.5. The van der Waals surface area contributed by atoms with E-state index < -0.39 is 5.54 Å². The maximum atomic E-state index is 14.1. The molecule has 5 rings (SSSR count). The molecule has 184 valence electrons. The molecule has 1 fully saturated rings. The normalized spacial score (nSPS) is 23.4. The van der Waals surface area contributed by atoms with E-state index in [1.54, 1.807) is 16.7 Å². The van der Waals surface area contributed by atoms with Gasteiger partial charge in [-0.3, -0.25) is 9.59 Å². The minimum atomic E-state index is -1.29. The maximum absolute atomic E-state index is 14.1. The van der Waals surface area contributed by atoms with E-state index in [4.69, 9.17) is 21.4 Å². The topological polar surface area (TPSA) is 76.5 Å². The Kier molecular flexibility index (Phi) is 5.40. The molecule has 7 nitrogen and oxygen atoms in total. The average Bonchev–Trinajstić information content (AvgIpc) is 3.38. The van der Waals surface area contributed by atoms with Crippen molar-refractivity contribution in [2.24, 2.45) is 5.41 Å². The molecule has 2 aromatic rings. The van der Waals surface area contributed by atoms with Crippen molar-refractivity contribution in [3.05, 3.63) is 64.6 Å². The Bertz CT molecular complexity index is 1300. The van der Waals surface area contributed by atoms with Gasteiger partial charge in [0.25, 0.3) is 11.8 Å². The molecule has 2 amide bonds. The van der Waals surface area contributed by atoms with E-state index in [0.29, 0.717) is 35.7 Å². The average molecular weight is 495 g/mol. The first-order valence-corrected chi connectivity index (χ1v) is 12.4. The number of carbonyl (C=O) groups excluding carboxylic acids is 2. The summed E-state index contributed by atoms with van der Waals surface area (Å²) in [4.78, 5) is 29.8. The van der Waals surface area contributed by atoms with E-state index in [1.807, 2.05) is 36.4 Å². The largest absolute Gasteiger partial charge is 0.494 e. The first kappa shape index (κ1) is 23.7. The van der Waals surface area contributed by atoms with Crippen molar-refractivity contribution in [3.8, 4) is 11.4 Å². The molecule has 1 N–H and O–H groups in total. The highest BCUT2D eigenvalue weighted by molar-refractivity contribution is 6.22. The van der Waals surface area contributed by atoms with Gasteiger partial charge in [0.1, 0.15) is 11.4 Å². The summed E-state index contributed by atoms with van der Waals surface area (Å²) in [6.45, 7) is 10.7. The minimum Gasteiger partial charge on any atom is -0.494 e. The van der Waals surface area contributed by atoms with Crippen LogP contribution in [0, 0.1) is 5.41 Å². The molecule has 1 aromatic heterocycles. The molecule has 35 heavy (non-hydrogen) atoms. The van der Waals surface area contributed by atoms with Crippen molar-refractivity contribution >= 4 is 23.4 Å². The molecule has 1 spiro atoms. The van der Waals surface area contributed by atoms with Crippen LogP contribution in [0.25, 0.3) is 5.69 Å². The highest BCUT2D eigenvalue weighted by Crippen LogP contribution is 2.54. The second-order valence-electron chi connectivity index (χ2n) is 10.9. The quantitative estimate of drug-likeness (QED) is 0.627. The number of ether oxygens (including phenoxy) is 1.